The van der Waals surface area contributed by atoms with Gasteiger partial charge in [0, 0.05) is 36.2 Å². The van der Waals surface area contributed by atoms with Crippen molar-refractivity contribution >= 4 is 23.0 Å². The zero-order valence-corrected chi connectivity index (χ0v) is 17.2. The van der Waals surface area contributed by atoms with Gasteiger partial charge < -0.3 is 20.3 Å². The lowest BCUT2D eigenvalue weighted by molar-refractivity contribution is -0.117. The standard InChI is InChI=1S/C25H27N3O2/c1-30-23-11-7-10-21(18-23)27-25(29)24(19-8-3-2-4-9-19)26-20-12-14-22(15-13-20)28-16-5-6-17-28/h2-4,7-15,18,24,26H,5-6,16-17H2,1H3,(H,27,29). The second kappa shape index (κ2) is 9.35. The molecule has 2 N–H and O–H groups in total. The fourth-order valence-corrected chi connectivity index (χ4v) is 3.77. The average molecular weight is 402 g/mol. The van der Waals surface area contributed by atoms with Crippen LogP contribution in [0.2, 0.25) is 0 Å². The average Bonchev–Trinajstić information content (AvgIpc) is 3.33. The summed E-state index contributed by atoms with van der Waals surface area (Å²) < 4.78 is 5.26. The van der Waals surface area contributed by atoms with Gasteiger partial charge in [0.1, 0.15) is 11.8 Å². The summed E-state index contributed by atoms with van der Waals surface area (Å²) in [5, 5.41) is 6.40. The molecule has 4 rings (SSSR count). The topological polar surface area (TPSA) is 53.6 Å². The van der Waals surface area contributed by atoms with E-state index in [-0.39, 0.29) is 5.91 Å². The molecule has 1 unspecified atom stereocenters. The van der Waals surface area contributed by atoms with Crippen molar-refractivity contribution in [2.24, 2.45) is 0 Å². The van der Waals surface area contributed by atoms with Gasteiger partial charge in [0.2, 0.25) is 0 Å². The van der Waals surface area contributed by atoms with Crippen LogP contribution in [0.3, 0.4) is 0 Å². The van der Waals surface area contributed by atoms with Crippen LogP contribution in [0.4, 0.5) is 17.1 Å². The van der Waals surface area contributed by atoms with Gasteiger partial charge in [0.25, 0.3) is 5.91 Å². The molecule has 1 atom stereocenters. The fraction of sp³-hybridized carbons (Fsp3) is 0.240. The van der Waals surface area contributed by atoms with Gasteiger partial charge in [-0.05, 0) is 54.8 Å². The van der Waals surface area contributed by atoms with E-state index in [1.165, 1.54) is 18.5 Å². The number of nitrogens with one attached hydrogen (secondary N) is 2. The van der Waals surface area contributed by atoms with Crippen LogP contribution in [0.5, 0.6) is 5.75 Å². The van der Waals surface area contributed by atoms with Gasteiger partial charge in [-0.15, -0.1) is 0 Å². The number of methoxy groups -OCH3 is 1. The molecule has 3 aromatic rings. The third-order valence-corrected chi connectivity index (χ3v) is 5.38. The van der Waals surface area contributed by atoms with E-state index in [2.05, 4.69) is 27.7 Å². The van der Waals surface area contributed by atoms with Crippen LogP contribution < -0.4 is 20.3 Å². The lowest BCUT2D eigenvalue weighted by atomic mass is 10.1. The van der Waals surface area contributed by atoms with Gasteiger partial charge >= 0.3 is 0 Å². The summed E-state index contributed by atoms with van der Waals surface area (Å²) in [5.74, 6) is 0.576. The number of ether oxygens (including phenoxy) is 1. The van der Waals surface area contributed by atoms with Gasteiger partial charge in [-0.3, -0.25) is 4.79 Å². The maximum absolute atomic E-state index is 13.2. The molecule has 0 radical (unpaired) electrons. The van der Waals surface area contributed by atoms with Gasteiger partial charge in [-0.1, -0.05) is 36.4 Å². The van der Waals surface area contributed by atoms with Crippen molar-refractivity contribution in [1.82, 2.24) is 0 Å². The van der Waals surface area contributed by atoms with E-state index in [0.29, 0.717) is 11.4 Å². The molecule has 1 amide bonds. The number of amides is 1. The summed E-state index contributed by atoms with van der Waals surface area (Å²) in [6.45, 7) is 2.23. The summed E-state index contributed by atoms with van der Waals surface area (Å²) in [5.41, 5.74) is 3.75. The summed E-state index contributed by atoms with van der Waals surface area (Å²) in [4.78, 5) is 15.6. The van der Waals surface area contributed by atoms with Gasteiger partial charge in [0.05, 0.1) is 7.11 Å². The van der Waals surface area contributed by atoms with E-state index in [9.17, 15) is 4.79 Å². The first kappa shape index (κ1) is 19.8. The number of carbonyl (C=O) groups is 1. The van der Waals surface area contributed by atoms with Crippen molar-refractivity contribution < 1.29 is 9.53 Å². The number of anilines is 3. The molecule has 0 saturated carbocycles. The predicted octanol–water partition coefficient (Wildman–Crippen LogP) is 5.09. The summed E-state index contributed by atoms with van der Waals surface area (Å²) >= 11 is 0. The minimum absolute atomic E-state index is 0.127. The summed E-state index contributed by atoms with van der Waals surface area (Å²) in [6, 6.07) is 24.9. The van der Waals surface area contributed by atoms with Crippen molar-refractivity contribution in [3.8, 4) is 5.75 Å². The monoisotopic (exact) mass is 401 g/mol. The molecule has 1 aliphatic rings. The maximum atomic E-state index is 13.2. The molecule has 1 aliphatic heterocycles. The lowest BCUT2D eigenvalue weighted by Gasteiger charge is -2.22. The van der Waals surface area contributed by atoms with Crippen molar-refractivity contribution in [1.29, 1.82) is 0 Å². The highest BCUT2D eigenvalue weighted by atomic mass is 16.5. The Labute approximate surface area is 177 Å². The maximum Gasteiger partial charge on any atom is 0.251 e. The number of hydrogen-bond acceptors (Lipinski definition) is 4. The van der Waals surface area contributed by atoms with E-state index in [0.717, 1.165) is 24.3 Å². The van der Waals surface area contributed by atoms with Crippen molar-refractivity contribution in [2.45, 2.75) is 18.9 Å². The van der Waals surface area contributed by atoms with Gasteiger partial charge in [-0.2, -0.15) is 0 Å². The Balaban J connectivity index is 1.53. The minimum Gasteiger partial charge on any atom is -0.497 e. The predicted molar refractivity (Wildman–Crippen MR) is 122 cm³/mol. The number of hydrogen-bond donors (Lipinski definition) is 2. The van der Waals surface area contributed by atoms with Crippen molar-refractivity contribution in [2.75, 3.05) is 35.7 Å². The Morgan fingerprint density at radius 3 is 2.33 bits per heavy atom. The highest BCUT2D eigenvalue weighted by Crippen LogP contribution is 2.26. The first-order chi connectivity index (χ1) is 14.7. The SMILES string of the molecule is COc1cccc(NC(=O)C(Nc2ccc(N3CCCC3)cc2)c2ccccc2)c1. The zero-order valence-electron chi connectivity index (χ0n) is 17.2. The molecular weight excluding hydrogens is 374 g/mol. The van der Waals surface area contributed by atoms with Crippen LogP contribution in [0.25, 0.3) is 0 Å². The van der Waals surface area contributed by atoms with Crippen LogP contribution >= 0.6 is 0 Å². The van der Waals surface area contributed by atoms with E-state index >= 15 is 0 Å². The Hall–Kier alpha value is -3.47. The second-order valence-corrected chi connectivity index (χ2v) is 7.45. The van der Waals surface area contributed by atoms with Gasteiger partial charge in [0.15, 0.2) is 0 Å². The second-order valence-electron chi connectivity index (χ2n) is 7.45. The number of carbonyl (C=O) groups excluding carboxylic acids is 1. The number of rotatable bonds is 7. The smallest absolute Gasteiger partial charge is 0.251 e. The fourth-order valence-electron chi connectivity index (χ4n) is 3.77. The molecule has 0 spiro atoms. The van der Waals surface area contributed by atoms with E-state index in [1.54, 1.807) is 7.11 Å². The van der Waals surface area contributed by atoms with Crippen molar-refractivity contribution in [3.63, 3.8) is 0 Å². The van der Waals surface area contributed by atoms with E-state index in [1.807, 2.05) is 66.7 Å². The molecule has 3 aromatic carbocycles. The molecule has 5 heteroatoms. The first-order valence-electron chi connectivity index (χ1n) is 10.3. The zero-order chi connectivity index (χ0) is 20.8. The Bertz CT molecular complexity index is 967. The third-order valence-electron chi connectivity index (χ3n) is 5.38. The molecular formula is C25H27N3O2. The highest BCUT2D eigenvalue weighted by Gasteiger charge is 2.21. The molecule has 0 aromatic heterocycles. The first-order valence-corrected chi connectivity index (χ1v) is 10.3. The summed E-state index contributed by atoms with van der Waals surface area (Å²) in [6.07, 6.45) is 2.50. The van der Waals surface area contributed by atoms with Crippen LogP contribution in [0.15, 0.2) is 78.9 Å². The normalized spacial score (nSPS) is 14.2. The molecule has 5 nitrogen and oxygen atoms in total. The molecule has 154 valence electrons. The Kier molecular flexibility index (Phi) is 6.18. The van der Waals surface area contributed by atoms with Crippen LogP contribution in [-0.4, -0.2) is 26.1 Å². The molecule has 1 fully saturated rings. The highest BCUT2D eigenvalue weighted by molar-refractivity contribution is 5.97. The van der Waals surface area contributed by atoms with Gasteiger partial charge in [-0.25, -0.2) is 0 Å². The van der Waals surface area contributed by atoms with E-state index in [4.69, 9.17) is 4.74 Å². The quantitative estimate of drug-likeness (QED) is 0.579. The van der Waals surface area contributed by atoms with E-state index < -0.39 is 6.04 Å². The van der Waals surface area contributed by atoms with Crippen molar-refractivity contribution in [3.05, 3.63) is 84.4 Å². The largest absolute Gasteiger partial charge is 0.497 e. The summed E-state index contributed by atoms with van der Waals surface area (Å²) in [7, 11) is 1.61. The minimum atomic E-state index is -0.518. The number of nitrogens with zero attached hydrogens (tertiary/aromatic N) is 1. The molecule has 1 heterocycles. The van der Waals surface area contributed by atoms with Crippen LogP contribution in [-0.2, 0) is 4.79 Å². The van der Waals surface area contributed by atoms with Crippen LogP contribution in [0.1, 0.15) is 24.4 Å². The molecule has 0 aliphatic carbocycles. The number of benzene rings is 3. The lowest BCUT2D eigenvalue weighted by Crippen LogP contribution is -2.27. The Morgan fingerprint density at radius 1 is 0.900 bits per heavy atom. The molecule has 0 bridgehead atoms. The molecule has 30 heavy (non-hydrogen) atoms. The Morgan fingerprint density at radius 2 is 1.63 bits per heavy atom. The van der Waals surface area contributed by atoms with Crippen LogP contribution in [0, 0.1) is 0 Å². The third kappa shape index (κ3) is 4.74. The molecule has 1 saturated heterocycles.